The van der Waals surface area contributed by atoms with Crippen molar-refractivity contribution in [2.75, 3.05) is 76.8 Å². The largest absolute Gasteiger partial charge is 0.383 e. The Labute approximate surface area is 247 Å². The van der Waals surface area contributed by atoms with Crippen LogP contribution in [0.15, 0.2) is 18.3 Å². The van der Waals surface area contributed by atoms with Crippen LogP contribution in [0.3, 0.4) is 0 Å². The van der Waals surface area contributed by atoms with Gasteiger partial charge in [0.25, 0.3) is 0 Å². The molecule has 42 heavy (non-hydrogen) atoms. The molecule has 0 atom stereocenters. The van der Waals surface area contributed by atoms with E-state index in [4.69, 9.17) is 23.9 Å². The van der Waals surface area contributed by atoms with Crippen LogP contribution in [0.2, 0.25) is 0 Å². The molecule has 0 saturated carbocycles. The molecule has 0 unspecified atom stereocenters. The number of pyridine rings is 2. The third-order valence-corrected chi connectivity index (χ3v) is 6.82. The minimum Gasteiger partial charge on any atom is -0.383 e. The number of carbonyl (C=O) groups excluding carboxylic acids is 2. The van der Waals surface area contributed by atoms with Crippen LogP contribution in [-0.2, 0) is 36.7 Å². The van der Waals surface area contributed by atoms with Gasteiger partial charge in [-0.2, -0.15) is 5.26 Å². The van der Waals surface area contributed by atoms with Gasteiger partial charge in [0.2, 0.25) is 12.2 Å². The average Bonchev–Trinajstić information content (AvgIpc) is 3.58. The maximum Gasteiger partial charge on any atom is 0.328 e. The van der Waals surface area contributed by atoms with E-state index in [1.807, 2.05) is 6.07 Å². The van der Waals surface area contributed by atoms with Crippen LogP contribution < -0.4 is 15.5 Å². The number of nitrogens with one attached hydrogen (secondary N) is 2. The summed E-state index contributed by atoms with van der Waals surface area (Å²) in [5.41, 5.74) is 3.08. The van der Waals surface area contributed by atoms with Crippen molar-refractivity contribution < 1.29 is 28.5 Å². The van der Waals surface area contributed by atoms with Gasteiger partial charge in [0.1, 0.15) is 23.4 Å². The van der Waals surface area contributed by atoms with Gasteiger partial charge < -0.3 is 29.2 Å². The Bertz CT molecular complexity index is 1240. The van der Waals surface area contributed by atoms with Crippen molar-refractivity contribution in [1.29, 1.82) is 5.26 Å². The number of nitrogens with zero attached hydrogens (tertiary/aromatic N) is 5. The highest BCUT2D eigenvalue weighted by Crippen LogP contribution is 2.32. The van der Waals surface area contributed by atoms with Crippen LogP contribution in [0, 0.1) is 11.3 Å². The van der Waals surface area contributed by atoms with Crippen LogP contribution in [0.5, 0.6) is 0 Å². The summed E-state index contributed by atoms with van der Waals surface area (Å²) < 4.78 is 20.9. The van der Waals surface area contributed by atoms with Gasteiger partial charge in [0, 0.05) is 80.4 Å². The second kappa shape index (κ2) is 16.6. The molecular weight excluding hydrogens is 542 g/mol. The first-order valence-electron chi connectivity index (χ1n) is 13.9. The number of aromatic nitrogens is 2. The lowest BCUT2D eigenvalue weighted by Crippen LogP contribution is -2.40. The summed E-state index contributed by atoms with van der Waals surface area (Å²) in [6.45, 7) is 5.24. The number of amides is 3. The summed E-state index contributed by atoms with van der Waals surface area (Å²) >= 11 is 0. The van der Waals surface area contributed by atoms with Crippen LogP contribution >= 0.6 is 0 Å². The molecule has 3 amide bonds. The van der Waals surface area contributed by atoms with Crippen LogP contribution in [-0.4, -0.2) is 88.1 Å². The number of urea groups is 1. The topological polar surface area (TPSA) is 151 Å². The van der Waals surface area contributed by atoms with E-state index in [9.17, 15) is 14.9 Å². The second-order valence-corrected chi connectivity index (χ2v) is 9.85. The fourth-order valence-corrected chi connectivity index (χ4v) is 4.51. The minimum atomic E-state index is -0.770. The molecule has 1 saturated heterocycles. The number of anilines is 3. The molecule has 0 aliphatic carbocycles. The number of hydrogen-bond acceptors (Lipinski definition) is 10. The van der Waals surface area contributed by atoms with Gasteiger partial charge in [-0.15, -0.1) is 0 Å². The van der Waals surface area contributed by atoms with E-state index >= 15 is 0 Å². The Morgan fingerprint density at radius 2 is 1.93 bits per heavy atom. The van der Waals surface area contributed by atoms with E-state index in [-0.39, 0.29) is 5.91 Å². The first kappa shape index (κ1) is 32.7. The fraction of sp³-hybridized carbons (Fsp3) is 0.552. The van der Waals surface area contributed by atoms with E-state index < -0.39 is 12.3 Å². The van der Waals surface area contributed by atoms with E-state index in [1.54, 1.807) is 30.0 Å². The van der Waals surface area contributed by atoms with Gasteiger partial charge in [0.15, 0.2) is 0 Å². The maximum absolute atomic E-state index is 13.3. The quantitative estimate of drug-likeness (QED) is 0.314. The number of methoxy groups -OCH3 is 3. The predicted molar refractivity (Wildman–Crippen MR) is 157 cm³/mol. The monoisotopic (exact) mass is 583 g/mol. The number of aryl methyl sites for hydroxylation is 1. The lowest BCUT2D eigenvalue weighted by Gasteiger charge is -2.31. The molecule has 0 bridgehead atoms. The highest BCUT2D eigenvalue weighted by molar-refractivity contribution is 6.01. The molecule has 4 rings (SSSR count). The van der Waals surface area contributed by atoms with Crippen molar-refractivity contribution >= 4 is 29.3 Å². The van der Waals surface area contributed by atoms with Crippen LogP contribution in [0.1, 0.15) is 54.9 Å². The fourth-order valence-electron chi connectivity index (χ4n) is 4.51. The molecule has 2 aromatic heterocycles. The second-order valence-electron chi connectivity index (χ2n) is 9.85. The van der Waals surface area contributed by atoms with Crippen molar-refractivity contribution in [3.05, 3.63) is 40.7 Å². The molecule has 2 aliphatic heterocycles. The summed E-state index contributed by atoms with van der Waals surface area (Å²) in [5, 5.41) is 15.3. The van der Waals surface area contributed by atoms with Gasteiger partial charge in [0.05, 0.1) is 17.9 Å². The van der Waals surface area contributed by atoms with Crippen molar-refractivity contribution in [1.82, 2.24) is 14.9 Å². The number of nitriles is 1. The van der Waals surface area contributed by atoms with Crippen LogP contribution in [0.25, 0.3) is 0 Å². The van der Waals surface area contributed by atoms with Crippen molar-refractivity contribution in [3.63, 3.8) is 0 Å². The molecule has 13 nitrogen and oxygen atoms in total. The third-order valence-electron chi connectivity index (χ3n) is 6.82. The number of rotatable bonds is 10. The standard InChI is InChI=1S/C25H33N7O5.C4H8O/c1-16(33)31(2)15-18-11-17-7-6-9-32(23(17)30-22(18)24(36-4)37-5)25(34)29-21-12-20(27-8-10-35-3)19(13-26)14-28-21;1-2-4-5-3-1/h11-12,14,24H,6-10,15H2,1-5H3,(H2,27,28,29,34);1-4H2. The van der Waals surface area contributed by atoms with Gasteiger partial charge >= 0.3 is 6.03 Å². The number of hydrogen-bond donors (Lipinski definition) is 2. The van der Waals surface area contributed by atoms with Gasteiger partial charge in [-0.05, 0) is 42.9 Å². The number of ether oxygens (including phenoxy) is 4. The average molecular weight is 584 g/mol. The number of fused-ring (bicyclic) bond motifs is 1. The van der Waals surface area contributed by atoms with Crippen LogP contribution in [0.4, 0.5) is 22.1 Å². The van der Waals surface area contributed by atoms with Crippen molar-refractivity contribution in [2.45, 2.75) is 45.4 Å². The smallest absolute Gasteiger partial charge is 0.328 e. The molecule has 1 fully saturated rings. The summed E-state index contributed by atoms with van der Waals surface area (Å²) in [4.78, 5) is 37.3. The SMILES string of the molecule is C1CCOC1.COCCNc1cc(NC(=O)N2CCCc3cc(CN(C)C(C)=O)c(C(OC)OC)nc32)ncc1C#N. The molecular formula is C29H41N7O6. The van der Waals surface area contributed by atoms with Gasteiger partial charge in [-0.1, -0.05) is 0 Å². The first-order valence-corrected chi connectivity index (χ1v) is 13.9. The van der Waals surface area contributed by atoms with Crippen molar-refractivity contribution in [2.24, 2.45) is 0 Å². The Hall–Kier alpha value is -3.83. The first-order chi connectivity index (χ1) is 20.3. The predicted octanol–water partition coefficient (Wildman–Crippen LogP) is 3.46. The third kappa shape index (κ3) is 8.83. The summed E-state index contributed by atoms with van der Waals surface area (Å²) in [5.74, 6) is 0.712. The zero-order valence-corrected chi connectivity index (χ0v) is 25.1. The Balaban J connectivity index is 0.000000873. The Morgan fingerprint density at radius 3 is 2.52 bits per heavy atom. The summed E-state index contributed by atoms with van der Waals surface area (Å²) in [7, 11) is 6.32. The normalized spacial score (nSPS) is 14.0. The van der Waals surface area contributed by atoms with E-state index in [2.05, 4.69) is 21.7 Å². The lowest BCUT2D eigenvalue weighted by atomic mass is 10.0. The Morgan fingerprint density at radius 1 is 1.19 bits per heavy atom. The summed E-state index contributed by atoms with van der Waals surface area (Å²) in [6, 6.07) is 5.25. The van der Waals surface area contributed by atoms with E-state index in [0.717, 1.165) is 37.2 Å². The summed E-state index contributed by atoms with van der Waals surface area (Å²) in [6.07, 6.45) is 4.67. The Kier molecular flexibility index (Phi) is 12.9. The molecule has 2 N–H and O–H groups in total. The molecule has 13 heteroatoms. The molecule has 2 aliphatic rings. The molecule has 0 spiro atoms. The highest BCUT2D eigenvalue weighted by atomic mass is 16.7. The van der Waals surface area contributed by atoms with E-state index in [0.29, 0.717) is 54.8 Å². The van der Waals surface area contributed by atoms with Crippen molar-refractivity contribution in [3.8, 4) is 6.07 Å². The zero-order valence-electron chi connectivity index (χ0n) is 25.1. The molecule has 4 heterocycles. The van der Waals surface area contributed by atoms with Gasteiger partial charge in [-0.25, -0.2) is 14.8 Å². The zero-order chi connectivity index (χ0) is 30.5. The maximum atomic E-state index is 13.3. The molecule has 0 aromatic carbocycles. The van der Waals surface area contributed by atoms with Gasteiger partial charge in [-0.3, -0.25) is 15.0 Å². The molecule has 2 aromatic rings. The number of carbonyl (C=O) groups is 2. The molecule has 0 radical (unpaired) electrons. The highest BCUT2D eigenvalue weighted by Gasteiger charge is 2.29. The van der Waals surface area contributed by atoms with E-state index in [1.165, 1.54) is 40.2 Å². The lowest BCUT2D eigenvalue weighted by molar-refractivity contribution is -0.128. The molecule has 228 valence electrons. The minimum absolute atomic E-state index is 0.0814.